The van der Waals surface area contributed by atoms with Crippen LogP contribution in [0.3, 0.4) is 0 Å². The van der Waals surface area contributed by atoms with Gasteiger partial charge in [0.25, 0.3) is 0 Å². The fourth-order valence-electron chi connectivity index (χ4n) is 2.91. The predicted molar refractivity (Wildman–Crippen MR) is 151 cm³/mol. The number of hydrogen-bond donors (Lipinski definition) is 2. The predicted octanol–water partition coefficient (Wildman–Crippen LogP) is 6.95. The van der Waals surface area contributed by atoms with E-state index in [4.69, 9.17) is 0 Å². The fraction of sp³-hybridized carbons (Fsp3) is 0.667. The molecular formula is C27H51FN4S. The van der Waals surface area contributed by atoms with Gasteiger partial charge in [0.15, 0.2) is 0 Å². The molecular weight excluding hydrogens is 431 g/mol. The number of rotatable bonds is 14. The zero-order chi connectivity index (χ0) is 25.6. The molecule has 2 unspecified atom stereocenters. The van der Waals surface area contributed by atoms with Crippen LogP contribution in [0.4, 0.5) is 4.39 Å². The maximum atomic E-state index is 14.0. The van der Waals surface area contributed by atoms with Gasteiger partial charge in [-0.25, -0.2) is 4.39 Å². The first-order valence-corrected chi connectivity index (χ1v) is 13.2. The number of allylic oxidation sites excluding steroid dienone is 1. The first-order valence-electron chi connectivity index (χ1n) is 12.7. The molecule has 0 fully saturated rings. The second-order valence-corrected chi connectivity index (χ2v) is 8.01. The monoisotopic (exact) mass is 482 g/mol. The van der Waals surface area contributed by atoms with Crippen LogP contribution < -0.4 is 5.32 Å². The van der Waals surface area contributed by atoms with Gasteiger partial charge in [-0.15, -0.1) is 12.6 Å². The molecule has 1 N–H and O–H groups in total. The summed E-state index contributed by atoms with van der Waals surface area (Å²) in [4.78, 5) is 9.10. The van der Waals surface area contributed by atoms with E-state index in [1.54, 1.807) is 18.3 Å². The number of nitrogens with one attached hydrogen (secondary N) is 1. The summed E-state index contributed by atoms with van der Waals surface area (Å²) >= 11 is 4.65. The van der Waals surface area contributed by atoms with Gasteiger partial charge >= 0.3 is 0 Å². The molecule has 2 atom stereocenters. The Morgan fingerprint density at radius 3 is 2.30 bits per heavy atom. The van der Waals surface area contributed by atoms with E-state index in [2.05, 4.69) is 60.7 Å². The van der Waals surface area contributed by atoms with Crippen LogP contribution in [0.15, 0.2) is 35.3 Å². The summed E-state index contributed by atoms with van der Waals surface area (Å²) in [5.41, 5.74) is 1.15. The van der Waals surface area contributed by atoms with Gasteiger partial charge in [-0.05, 0) is 59.0 Å². The minimum absolute atomic E-state index is 0.0540. The van der Waals surface area contributed by atoms with Crippen molar-refractivity contribution in [3.63, 3.8) is 0 Å². The Labute approximate surface area is 210 Å². The molecule has 0 aromatic heterocycles. The van der Waals surface area contributed by atoms with Crippen molar-refractivity contribution < 1.29 is 4.39 Å². The molecule has 0 aliphatic heterocycles. The van der Waals surface area contributed by atoms with Crippen molar-refractivity contribution in [2.45, 2.75) is 85.7 Å². The first-order chi connectivity index (χ1) is 15.9. The molecule has 1 aromatic rings. The van der Waals surface area contributed by atoms with Gasteiger partial charge in [0.2, 0.25) is 0 Å². The van der Waals surface area contributed by atoms with Gasteiger partial charge in [-0.3, -0.25) is 15.2 Å². The molecule has 0 radical (unpaired) electrons. The lowest BCUT2D eigenvalue weighted by atomic mass is 10.1. The summed E-state index contributed by atoms with van der Waals surface area (Å²) in [6.07, 6.45) is 8.10. The molecule has 0 aliphatic rings. The quantitative estimate of drug-likeness (QED) is 0.171. The SMILES string of the molecule is CC.CC.CC/C=C(\N=CCNC(S)N(C)CCC(C)N(C)CCCC)c1ccccc1F. The van der Waals surface area contributed by atoms with Crippen LogP contribution in [0, 0.1) is 5.82 Å². The molecule has 192 valence electrons. The van der Waals surface area contributed by atoms with E-state index in [1.807, 2.05) is 46.8 Å². The lowest BCUT2D eigenvalue weighted by molar-refractivity contribution is 0.205. The molecule has 1 aromatic carbocycles. The number of aliphatic imine (C=N–C) groups is 1. The van der Waals surface area contributed by atoms with Crippen LogP contribution in [0.2, 0.25) is 0 Å². The highest BCUT2D eigenvalue weighted by molar-refractivity contribution is 7.80. The Kier molecular flexibility index (Phi) is 23.2. The summed E-state index contributed by atoms with van der Waals surface area (Å²) in [5.74, 6) is -0.248. The maximum absolute atomic E-state index is 14.0. The number of unbranched alkanes of at least 4 members (excludes halogenated alkanes) is 1. The lowest BCUT2D eigenvalue weighted by Gasteiger charge is -2.29. The summed E-state index contributed by atoms with van der Waals surface area (Å²) < 4.78 is 14.0. The van der Waals surface area contributed by atoms with Crippen LogP contribution in [0.1, 0.15) is 79.7 Å². The maximum Gasteiger partial charge on any atom is 0.132 e. The van der Waals surface area contributed by atoms with Gasteiger partial charge in [0.1, 0.15) is 11.3 Å². The number of nitrogens with zero attached hydrogens (tertiary/aromatic N) is 3. The highest BCUT2D eigenvalue weighted by Gasteiger charge is 2.13. The topological polar surface area (TPSA) is 30.9 Å². The smallest absolute Gasteiger partial charge is 0.132 e. The normalized spacial score (nSPS) is 13.4. The van der Waals surface area contributed by atoms with E-state index in [-0.39, 0.29) is 11.3 Å². The second kappa shape index (κ2) is 22.6. The van der Waals surface area contributed by atoms with Crippen molar-refractivity contribution in [2.75, 3.05) is 33.7 Å². The van der Waals surface area contributed by atoms with Gasteiger partial charge in [-0.1, -0.05) is 66.2 Å². The van der Waals surface area contributed by atoms with E-state index in [9.17, 15) is 4.39 Å². The van der Waals surface area contributed by atoms with Crippen molar-refractivity contribution in [1.29, 1.82) is 0 Å². The van der Waals surface area contributed by atoms with E-state index in [1.165, 1.54) is 18.9 Å². The van der Waals surface area contributed by atoms with Crippen molar-refractivity contribution in [1.82, 2.24) is 15.1 Å². The average molecular weight is 483 g/mol. The first kappa shape index (κ1) is 34.0. The summed E-state index contributed by atoms with van der Waals surface area (Å²) in [6.45, 7) is 17.2. The van der Waals surface area contributed by atoms with Crippen molar-refractivity contribution in [3.8, 4) is 0 Å². The van der Waals surface area contributed by atoms with Crippen molar-refractivity contribution in [2.24, 2.45) is 4.99 Å². The zero-order valence-electron chi connectivity index (χ0n) is 22.7. The molecule has 1 rings (SSSR count). The molecule has 0 heterocycles. The number of hydrogen-bond acceptors (Lipinski definition) is 5. The molecule has 0 aliphatic carbocycles. The summed E-state index contributed by atoms with van der Waals surface area (Å²) in [5, 5.41) is 3.34. The number of benzene rings is 1. The lowest BCUT2D eigenvalue weighted by Crippen LogP contribution is -2.42. The Bertz CT molecular complexity index is 636. The second-order valence-electron chi connectivity index (χ2n) is 7.52. The van der Waals surface area contributed by atoms with Crippen molar-refractivity contribution in [3.05, 3.63) is 41.7 Å². The third-order valence-corrected chi connectivity index (χ3v) is 5.68. The highest BCUT2D eigenvalue weighted by atomic mass is 32.1. The van der Waals surface area contributed by atoms with Gasteiger partial charge in [0.05, 0.1) is 5.70 Å². The Balaban J connectivity index is 0. The summed E-state index contributed by atoms with van der Waals surface area (Å²) in [7, 11) is 4.27. The average Bonchev–Trinajstić information content (AvgIpc) is 2.85. The third kappa shape index (κ3) is 15.3. The van der Waals surface area contributed by atoms with E-state index in [0.717, 1.165) is 25.9 Å². The van der Waals surface area contributed by atoms with Crippen LogP contribution in [-0.2, 0) is 0 Å². The number of halogens is 1. The van der Waals surface area contributed by atoms with Gasteiger partial charge in [-0.2, -0.15) is 0 Å². The van der Waals surface area contributed by atoms with Crippen LogP contribution in [-0.4, -0.2) is 61.3 Å². The molecule has 33 heavy (non-hydrogen) atoms. The third-order valence-electron chi connectivity index (χ3n) is 5.10. The molecule has 4 nitrogen and oxygen atoms in total. The minimum Gasteiger partial charge on any atom is -0.304 e. The standard InChI is InChI=1S/C23H39FN4S.2C2H6/c1-6-8-17-27(4)19(3)14-18-28(5)23(29)26-16-15-25-22(11-7-2)20-12-9-10-13-21(20)24;2*1-2/h9-13,15,19,23,26,29H,6-8,14,16-18H2,1-5H3;2*1-2H3/b22-11-,25-15?;;. The zero-order valence-corrected chi connectivity index (χ0v) is 23.6. The molecule has 0 bridgehead atoms. The van der Waals surface area contributed by atoms with E-state index >= 15 is 0 Å². The largest absolute Gasteiger partial charge is 0.304 e. The Morgan fingerprint density at radius 1 is 1.09 bits per heavy atom. The van der Waals surface area contributed by atoms with Crippen molar-refractivity contribution >= 4 is 24.5 Å². The molecule has 0 saturated heterocycles. The molecule has 6 heteroatoms. The number of thiol groups is 1. The Hall–Kier alpha value is -1.21. The van der Waals surface area contributed by atoms with E-state index in [0.29, 0.717) is 23.8 Å². The van der Waals surface area contributed by atoms with E-state index < -0.39 is 0 Å². The van der Waals surface area contributed by atoms with Gasteiger partial charge in [0, 0.05) is 30.9 Å². The van der Waals surface area contributed by atoms with Crippen LogP contribution >= 0.6 is 12.6 Å². The molecule has 0 saturated carbocycles. The van der Waals surface area contributed by atoms with Gasteiger partial charge < -0.3 is 4.90 Å². The highest BCUT2D eigenvalue weighted by Crippen LogP contribution is 2.19. The molecule has 0 amide bonds. The minimum atomic E-state index is -0.248. The molecule has 0 spiro atoms. The van der Waals surface area contributed by atoms with Crippen LogP contribution in [0.5, 0.6) is 0 Å². The summed E-state index contributed by atoms with van der Waals surface area (Å²) in [6, 6.07) is 7.29. The van der Waals surface area contributed by atoms with Crippen LogP contribution in [0.25, 0.3) is 5.70 Å². The Morgan fingerprint density at radius 2 is 1.73 bits per heavy atom. The fourth-order valence-corrected chi connectivity index (χ4v) is 3.13.